The number of aryl methyl sites for hydroxylation is 1. The zero-order chi connectivity index (χ0) is 10.9. The number of rotatable bonds is 7. The van der Waals surface area contributed by atoms with E-state index in [1.165, 1.54) is 25.0 Å². The molecule has 0 aliphatic carbocycles. The van der Waals surface area contributed by atoms with Crippen LogP contribution in [0.2, 0.25) is 0 Å². The van der Waals surface area contributed by atoms with Crippen LogP contribution in [0.4, 0.5) is 5.95 Å². The molecule has 0 aliphatic heterocycles. The number of thioether (sulfide) groups is 1. The second kappa shape index (κ2) is 7.51. The van der Waals surface area contributed by atoms with Crippen LogP contribution in [0.5, 0.6) is 0 Å². The minimum absolute atomic E-state index is 0.750. The van der Waals surface area contributed by atoms with E-state index in [2.05, 4.69) is 21.5 Å². The first kappa shape index (κ1) is 12.3. The smallest absolute Gasteiger partial charge is 0.222 e. The summed E-state index contributed by atoms with van der Waals surface area (Å²) in [6.45, 7) is 2.95. The molecule has 1 N–H and O–H groups in total. The monoisotopic (exact) mass is 225 g/mol. The highest BCUT2D eigenvalue weighted by atomic mass is 32.2. The Hall–Kier alpha value is -0.770. The van der Waals surface area contributed by atoms with Gasteiger partial charge in [0.15, 0.2) is 0 Å². The van der Waals surface area contributed by atoms with E-state index in [9.17, 15) is 0 Å². The quantitative estimate of drug-likeness (QED) is 0.724. The summed E-state index contributed by atoms with van der Waals surface area (Å²) in [4.78, 5) is 8.43. The third-order valence-corrected chi connectivity index (χ3v) is 2.80. The van der Waals surface area contributed by atoms with Gasteiger partial charge < -0.3 is 5.32 Å². The highest BCUT2D eigenvalue weighted by Gasteiger charge is 1.94. The van der Waals surface area contributed by atoms with E-state index in [-0.39, 0.29) is 0 Å². The highest BCUT2D eigenvalue weighted by Crippen LogP contribution is 2.03. The molecule has 0 spiro atoms. The lowest BCUT2D eigenvalue weighted by Crippen LogP contribution is -2.05. The van der Waals surface area contributed by atoms with Crippen LogP contribution in [-0.4, -0.2) is 28.5 Å². The summed E-state index contributed by atoms with van der Waals surface area (Å²) >= 11 is 1.91. The maximum Gasteiger partial charge on any atom is 0.222 e. The second-order valence-corrected chi connectivity index (χ2v) is 4.49. The second-order valence-electron chi connectivity index (χ2n) is 3.50. The maximum absolute atomic E-state index is 4.28. The largest absolute Gasteiger partial charge is 0.354 e. The fourth-order valence-electron chi connectivity index (χ4n) is 1.28. The maximum atomic E-state index is 4.28. The summed E-state index contributed by atoms with van der Waals surface area (Å²) in [5.41, 5.74) is 1.01. The van der Waals surface area contributed by atoms with E-state index < -0.39 is 0 Å². The molecule has 0 saturated heterocycles. The Labute approximate surface area is 96.1 Å². The van der Waals surface area contributed by atoms with Gasteiger partial charge in [0.2, 0.25) is 5.95 Å². The van der Waals surface area contributed by atoms with Crippen LogP contribution in [0, 0.1) is 6.92 Å². The van der Waals surface area contributed by atoms with Crippen LogP contribution in [0.1, 0.15) is 25.0 Å². The van der Waals surface area contributed by atoms with E-state index in [1.54, 1.807) is 6.20 Å². The molecule has 0 atom stereocenters. The van der Waals surface area contributed by atoms with E-state index in [1.807, 2.05) is 24.8 Å². The van der Waals surface area contributed by atoms with E-state index >= 15 is 0 Å². The van der Waals surface area contributed by atoms with Crippen LogP contribution >= 0.6 is 11.8 Å². The van der Waals surface area contributed by atoms with Gasteiger partial charge in [0.25, 0.3) is 0 Å². The fraction of sp³-hybridized carbons (Fsp3) is 0.636. The number of hydrogen-bond acceptors (Lipinski definition) is 4. The molecular formula is C11H19N3S. The van der Waals surface area contributed by atoms with Crippen molar-refractivity contribution in [3.05, 3.63) is 18.0 Å². The number of anilines is 1. The molecule has 3 nitrogen and oxygen atoms in total. The van der Waals surface area contributed by atoms with Crippen LogP contribution in [0.15, 0.2) is 12.3 Å². The fourth-order valence-corrected chi connectivity index (χ4v) is 1.78. The number of hydrogen-bond donors (Lipinski definition) is 1. The lowest BCUT2D eigenvalue weighted by molar-refractivity contribution is 0.746. The average Bonchev–Trinajstić information content (AvgIpc) is 2.23. The Balaban J connectivity index is 2.10. The third kappa shape index (κ3) is 5.62. The number of aromatic nitrogens is 2. The van der Waals surface area contributed by atoms with E-state index in [0.29, 0.717) is 0 Å². The number of unbranched alkanes of at least 4 members (excludes halogenated alkanes) is 2. The molecule has 84 valence electrons. The number of nitrogens with zero attached hydrogens (tertiary/aromatic N) is 2. The molecule has 1 aromatic heterocycles. The Morgan fingerprint density at radius 1 is 1.33 bits per heavy atom. The SMILES string of the molecule is CSCCCCCNc1nccc(C)n1. The van der Waals surface area contributed by atoms with Gasteiger partial charge in [0.05, 0.1) is 0 Å². The summed E-state index contributed by atoms with van der Waals surface area (Å²) in [6.07, 6.45) is 7.71. The zero-order valence-electron chi connectivity index (χ0n) is 9.49. The molecule has 0 unspecified atom stereocenters. The summed E-state index contributed by atoms with van der Waals surface area (Å²) in [5.74, 6) is 2.01. The van der Waals surface area contributed by atoms with Crippen LogP contribution < -0.4 is 5.32 Å². The van der Waals surface area contributed by atoms with Crippen molar-refractivity contribution >= 4 is 17.7 Å². The predicted octanol–water partition coefficient (Wildman–Crippen LogP) is 2.73. The van der Waals surface area contributed by atoms with Gasteiger partial charge in [0.1, 0.15) is 0 Å². The first-order chi connectivity index (χ1) is 7.33. The summed E-state index contributed by atoms with van der Waals surface area (Å²) in [7, 11) is 0. The van der Waals surface area contributed by atoms with E-state index in [4.69, 9.17) is 0 Å². The molecule has 0 bridgehead atoms. The topological polar surface area (TPSA) is 37.8 Å². The molecule has 0 aromatic carbocycles. The molecule has 4 heteroatoms. The van der Waals surface area contributed by atoms with Crippen molar-refractivity contribution in [2.75, 3.05) is 23.9 Å². The lowest BCUT2D eigenvalue weighted by atomic mass is 10.2. The van der Waals surface area contributed by atoms with Crippen molar-refractivity contribution in [3.63, 3.8) is 0 Å². The van der Waals surface area contributed by atoms with Gasteiger partial charge >= 0.3 is 0 Å². The van der Waals surface area contributed by atoms with Gasteiger partial charge in [-0.05, 0) is 37.8 Å². The summed E-state index contributed by atoms with van der Waals surface area (Å²) in [6, 6.07) is 1.91. The predicted molar refractivity (Wildman–Crippen MR) is 67.5 cm³/mol. The van der Waals surface area contributed by atoms with Gasteiger partial charge in [-0.3, -0.25) is 0 Å². The van der Waals surface area contributed by atoms with Crippen LogP contribution in [0.25, 0.3) is 0 Å². The molecule has 1 rings (SSSR count). The Kier molecular flexibility index (Phi) is 6.16. The molecule has 0 amide bonds. The van der Waals surface area contributed by atoms with Crippen molar-refractivity contribution in [2.24, 2.45) is 0 Å². The Bertz CT molecular complexity index is 278. The minimum Gasteiger partial charge on any atom is -0.354 e. The summed E-state index contributed by atoms with van der Waals surface area (Å²) < 4.78 is 0. The molecule has 0 saturated carbocycles. The van der Waals surface area contributed by atoms with Crippen LogP contribution in [0.3, 0.4) is 0 Å². The molecule has 0 radical (unpaired) electrons. The van der Waals surface area contributed by atoms with Gasteiger partial charge in [-0.2, -0.15) is 11.8 Å². The zero-order valence-corrected chi connectivity index (χ0v) is 10.3. The average molecular weight is 225 g/mol. The molecular weight excluding hydrogens is 206 g/mol. The molecule has 15 heavy (non-hydrogen) atoms. The normalized spacial score (nSPS) is 10.3. The first-order valence-electron chi connectivity index (χ1n) is 5.35. The molecule has 1 aromatic rings. The Morgan fingerprint density at radius 2 is 2.20 bits per heavy atom. The number of nitrogens with one attached hydrogen (secondary N) is 1. The van der Waals surface area contributed by atoms with Gasteiger partial charge in [-0.15, -0.1) is 0 Å². The minimum atomic E-state index is 0.750. The Morgan fingerprint density at radius 3 is 2.93 bits per heavy atom. The summed E-state index contributed by atoms with van der Waals surface area (Å²) in [5, 5.41) is 3.23. The van der Waals surface area contributed by atoms with E-state index in [0.717, 1.165) is 18.2 Å². The van der Waals surface area contributed by atoms with Crippen molar-refractivity contribution in [1.29, 1.82) is 0 Å². The van der Waals surface area contributed by atoms with Crippen molar-refractivity contribution in [3.8, 4) is 0 Å². The standard InChI is InChI=1S/C11H19N3S/c1-10-6-8-13-11(14-10)12-7-4-3-5-9-15-2/h6,8H,3-5,7,9H2,1-2H3,(H,12,13,14). The highest BCUT2D eigenvalue weighted by molar-refractivity contribution is 7.98. The van der Waals surface area contributed by atoms with Crippen LogP contribution in [-0.2, 0) is 0 Å². The lowest BCUT2D eigenvalue weighted by Gasteiger charge is -2.04. The van der Waals surface area contributed by atoms with Crippen molar-refractivity contribution < 1.29 is 0 Å². The van der Waals surface area contributed by atoms with Gasteiger partial charge in [-0.25, -0.2) is 9.97 Å². The van der Waals surface area contributed by atoms with Crippen molar-refractivity contribution in [2.45, 2.75) is 26.2 Å². The van der Waals surface area contributed by atoms with Gasteiger partial charge in [0, 0.05) is 18.4 Å². The third-order valence-electron chi connectivity index (χ3n) is 2.10. The first-order valence-corrected chi connectivity index (χ1v) is 6.75. The molecule has 0 fully saturated rings. The van der Waals surface area contributed by atoms with Gasteiger partial charge in [-0.1, -0.05) is 6.42 Å². The molecule has 1 heterocycles. The molecule has 0 aliphatic rings. The van der Waals surface area contributed by atoms with Crippen molar-refractivity contribution in [1.82, 2.24) is 9.97 Å².